The number of halogens is 4. The average molecular weight is 551 g/mol. The van der Waals surface area contributed by atoms with Gasteiger partial charge in [0.25, 0.3) is 0 Å². The van der Waals surface area contributed by atoms with Gasteiger partial charge >= 0.3 is 0 Å². The van der Waals surface area contributed by atoms with Crippen LogP contribution in [0.2, 0.25) is 0 Å². The van der Waals surface area contributed by atoms with E-state index >= 15 is 0 Å². The predicted octanol–water partition coefficient (Wildman–Crippen LogP) is 7.91. The van der Waals surface area contributed by atoms with E-state index in [-0.39, 0.29) is 0 Å². The summed E-state index contributed by atoms with van der Waals surface area (Å²) in [4.78, 5) is 0. The molecular weight excluding hydrogens is 528 g/mol. The van der Waals surface area contributed by atoms with Gasteiger partial charge in [0.1, 0.15) is 35.4 Å². The highest BCUT2D eigenvalue weighted by atomic mass is 19.2. The molecule has 0 aromatic heterocycles. The highest BCUT2D eigenvalue weighted by molar-refractivity contribution is 5.76. The van der Waals surface area contributed by atoms with E-state index < -0.39 is 34.4 Å². The highest BCUT2D eigenvalue weighted by Gasteiger charge is 2.25. The first-order valence-corrected chi connectivity index (χ1v) is 12.3. The zero-order valence-electron chi connectivity index (χ0n) is 22.6. The van der Waals surface area contributed by atoms with Gasteiger partial charge in [0.15, 0.2) is 23.3 Å². The van der Waals surface area contributed by atoms with Crippen LogP contribution >= 0.6 is 0 Å². The maximum atomic E-state index is 12.7. The van der Waals surface area contributed by atoms with Gasteiger partial charge in [-0.25, -0.2) is 17.6 Å². The van der Waals surface area contributed by atoms with Gasteiger partial charge in [-0.2, -0.15) is 21.0 Å². The van der Waals surface area contributed by atoms with Crippen LogP contribution in [0.4, 0.5) is 17.6 Å². The predicted molar refractivity (Wildman–Crippen MR) is 145 cm³/mol. The number of hydrogen-bond donors (Lipinski definition) is 0. The molecule has 1 aliphatic carbocycles. The summed E-state index contributed by atoms with van der Waals surface area (Å²) in [6.45, 7) is 7.75. The first-order valence-electron chi connectivity index (χ1n) is 12.3. The summed E-state index contributed by atoms with van der Waals surface area (Å²) < 4.78 is 50.5. The van der Waals surface area contributed by atoms with Crippen LogP contribution in [0, 0.1) is 96.3 Å². The SMILES string of the molecule is Cc1c(C)c(C)c(C#N)c(C#N)c1C.N#Cc1c(F)c(F)c(F)c(F)c1C#N.c1ccc2c(c1)Cc1ccccc1-2. The van der Waals surface area contributed by atoms with Crippen molar-refractivity contribution >= 4 is 0 Å². The van der Waals surface area contributed by atoms with Crippen LogP contribution < -0.4 is 0 Å². The number of nitriles is 4. The van der Waals surface area contributed by atoms with Gasteiger partial charge in [-0.05, 0) is 78.6 Å². The molecule has 4 aromatic rings. The molecule has 0 saturated carbocycles. The van der Waals surface area contributed by atoms with Gasteiger partial charge in [0.05, 0.1) is 11.1 Å². The molecule has 0 N–H and O–H groups in total. The van der Waals surface area contributed by atoms with Gasteiger partial charge in [-0.15, -0.1) is 0 Å². The van der Waals surface area contributed by atoms with Gasteiger partial charge < -0.3 is 0 Å². The van der Waals surface area contributed by atoms with Crippen molar-refractivity contribution in [2.45, 2.75) is 34.1 Å². The van der Waals surface area contributed by atoms with Crippen molar-refractivity contribution in [3.63, 3.8) is 0 Å². The molecule has 1 aliphatic rings. The first-order chi connectivity index (χ1) is 19.5. The van der Waals surface area contributed by atoms with Crippen LogP contribution in [0.3, 0.4) is 0 Å². The molecule has 41 heavy (non-hydrogen) atoms. The van der Waals surface area contributed by atoms with Crippen molar-refractivity contribution < 1.29 is 17.6 Å². The van der Waals surface area contributed by atoms with Crippen LogP contribution in [-0.4, -0.2) is 0 Å². The van der Waals surface area contributed by atoms with Crippen molar-refractivity contribution in [2.24, 2.45) is 0 Å². The van der Waals surface area contributed by atoms with E-state index in [1.165, 1.54) is 22.3 Å². The van der Waals surface area contributed by atoms with Crippen molar-refractivity contribution in [3.05, 3.63) is 127 Å². The Morgan fingerprint density at radius 3 is 1.10 bits per heavy atom. The zero-order valence-corrected chi connectivity index (χ0v) is 22.6. The third-order valence-corrected chi connectivity index (χ3v) is 7.11. The van der Waals surface area contributed by atoms with Gasteiger partial charge in [0, 0.05) is 0 Å². The van der Waals surface area contributed by atoms with E-state index in [1.807, 2.05) is 27.7 Å². The van der Waals surface area contributed by atoms with Crippen LogP contribution in [0.5, 0.6) is 0 Å². The summed E-state index contributed by atoms with van der Waals surface area (Å²) in [7, 11) is 0. The van der Waals surface area contributed by atoms with Gasteiger partial charge in [0.2, 0.25) is 0 Å². The Morgan fingerprint density at radius 2 is 0.780 bits per heavy atom. The first kappa shape index (κ1) is 30.1. The van der Waals surface area contributed by atoms with Crippen LogP contribution in [0.1, 0.15) is 55.6 Å². The second-order valence-electron chi connectivity index (χ2n) is 9.19. The molecule has 0 unspecified atom stereocenters. The molecule has 0 fully saturated rings. The number of rotatable bonds is 0. The molecule has 202 valence electrons. The molecule has 8 heteroatoms. The molecule has 0 heterocycles. The van der Waals surface area contributed by atoms with Crippen LogP contribution in [-0.2, 0) is 6.42 Å². The quantitative estimate of drug-likeness (QED) is 0.111. The number of fused-ring (bicyclic) bond motifs is 3. The third-order valence-electron chi connectivity index (χ3n) is 7.11. The lowest BCUT2D eigenvalue weighted by Crippen LogP contribution is -2.04. The Morgan fingerprint density at radius 1 is 0.463 bits per heavy atom. The second-order valence-corrected chi connectivity index (χ2v) is 9.19. The largest absolute Gasteiger partial charge is 0.202 e. The fraction of sp³-hybridized carbons (Fsp3) is 0.152. The lowest BCUT2D eigenvalue weighted by Gasteiger charge is -2.12. The maximum absolute atomic E-state index is 12.7. The summed E-state index contributed by atoms with van der Waals surface area (Å²) in [5.74, 6) is -7.91. The standard InChI is InChI=1S/C13H10.C12H12N2.C8F4N2/c1-3-7-12-10(5-1)9-11-6-2-4-8-13(11)12;1-7-8(2)10(4)12(6-14)11(5-13)9(7)3;9-5-3(1-13)4(2-14)6(10)8(12)7(5)11/h1-8H,9H2;1-4H3;. The summed E-state index contributed by atoms with van der Waals surface area (Å²) in [6, 6.07) is 23.7. The Labute approximate surface area is 235 Å². The number of benzene rings is 4. The van der Waals surface area contributed by atoms with E-state index in [0.717, 1.165) is 40.8 Å². The fourth-order valence-corrected chi connectivity index (χ4v) is 4.51. The molecule has 0 amide bonds. The zero-order chi connectivity index (χ0) is 30.4. The number of nitrogens with zero attached hydrogens (tertiary/aromatic N) is 4. The minimum Gasteiger partial charge on any atom is -0.202 e. The Kier molecular flexibility index (Phi) is 9.26. The average Bonchev–Trinajstić information content (AvgIpc) is 3.38. The minimum absolute atomic E-state index is 0.521. The van der Waals surface area contributed by atoms with E-state index in [4.69, 9.17) is 21.0 Å². The summed E-state index contributed by atoms with van der Waals surface area (Å²) in [5, 5.41) is 34.5. The molecule has 5 rings (SSSR count). The molecule has 0 bridgehead atoms. The Hall–Kier alpha value is -5.44. The summed E-state index contributed by atoms with van der Waals surface area (Å²) in [5.41, 5.74) is 8.59. The van der Waals surface area contributed by atoms with Crippen molar-refractivity contribution in [1.82, 2.24) is 0 Å². The molecule has 4 aromatic carbocycles. The van der Waals surface area contributed by atoms with E-state index in [9.17, 15) is 17.6 Å². The molecule has 4 nitrogen and oxygen atoms in total. The Balaban J connectivity index is 0.000000169. The lowest BCUT2D eigenvalue weighted by atomic mass is 9.90. The van der Waals surface area contributed by atoms with E-state index in [1.54, 1.807) is 0 Å². The molecule has 0 saturated heterocycles. The smallest absolute Gasteiger partial charge is 0.198 e. The second kappa shape index (κ2) is 12.6. The highest BCUT2D eigenvalue weighted by Crippen LogP contribution is 2.35. The van der Waals surface area contributed by atoms with Gasteiger partial charge in [-0.3, -0.25) is 0 Å². The van der Waals surface area contributed by atoms with Crippen molar-refractivity contribution in [1.29, 1.82) is 21.0 Å². The lowest BCUT2D eigenvalue weighted by molar-refractivity contribution is 0.406. The van der Waals surface area contributed by atoms with E-state index in [2.05, 4.69) is 60.7 Å². The Bertz CT molecular complexity index is 1620. The van der Waals surface area contributed by atoms with Crippen LogP contribution in [0.25, 0.3) is 11.1 Å². The third kappa shape index (κ3) is 5.65. The van der Waals surface area contributed by atoms with Crippen molar-refractivity contribution in [3.8, 4) is 35.4 Å². The van der Waals surface area contributed by atoms with Crippen molar-refractivity contribution in [2.75, 3.05) is 0 Å². The minimum atomic E-state index is -2.10. The fourth-order valence-electron chi connectivity index (χ4n) is 4.51. The normalized spacial score (nSPS) is 10.2. The summed E-state index contributed by atoms with van der Waals surface area (Å²) >= 11 is 0. The molecule has 0 radical (unpaired) electrons. The van der Waals surface area contributed by atoms with Crippen LogP contribution in [0.15, 0.2) is 48.5 Å². The molecular formula is C33H22F4N4. The molecule has 0 aliphatic heterocycles. The molecule has 0 spiro atoms. The summed E-state index contributed by atoms with van der Waals surface area (Å²) in [6.07, 6.45) is 1.10. The maximum Gasteiger partial charge on any atom is 0.198 e. The van der Waals surface area contributed by atoms with E-state index in [0.29, 0.717) is 11.1 Å². The number of hydrogen-bond acceptors (Lipinski definition) is 4. The monoisotopic (exact) mass is 550 g/mol. The molecule has 0 atom stereocenters. The van der Waals surface area contributed by atoms with Gasteiger partial charge in [-0.1, -0.05) is 48.5 Å². The topological polar surface area (TPSA) is 95.2 Å².